The molecule has 0 spiro atoms. The van der Waals surface area contributed by atoms with Crippen molar-refractivity contribution >= 4 is 41.3 Å². The van der Waals surface area contributed by atoms with Crippen LogP contribution >= 0.6 is 35.3 Å². The first-order chi connectivity index (χ1) is 10.6. The molecule has 0 bridgehead atoms. The van der Waals surface area contributed by atoms with E-state index in [0.29, 0.717) is 0 Å². The lowest BCUT2D eigenvalue weighted by Gasteiger charge is -2.32. The summed E-state index contributed by atoms with van der Waals surface area (Å²) in [7, 11) is 1.83. The van der Waals surface area contributed by atoms with Gasteiger partial charge in [-0.25, -0.2) is 4.98 Å². The molecule has 1 fully saturated rings. The monoisotopic (exact) mass is 451 g/mol. The minimum atomic E-state index is 0. The summed E-state index contributed by atoms with van der Waals surface area (Å²) in [5, 5.41) is 7.95. The Labute approximate surface area is 161 Å². The molecule has 1 atom stereocenters. The van der Waals surface area contributed by atoms with Crippen molar-refractivity contribution in [3.63, 3.8) is 0 Å². The summed E-state index contributed by atoms with van der Waals surface area (Å²) in [4.78, 5) is 12.7. The maximum absolute atomic E-state index is 4.55. The van der Waals surface area contributed by atoms with Crippen LogP contribution in [-0.2, 0) is 6.54 Å². The Kier molecular flexibility index (Phi) is 9.38. The lowest BCUT2D eigenvalue weighted by atomic mass is 9.98. The Morgan fingerprint density at radius 3 is 2.78 bits per heavy atom. The van der Waals surface area contributed by atoms with Gasteiger partial charge < -0.3 is 15.5 Å². The minimum absolute atomic E-state index is 0. The van der Waals surface area contributed by atoms with Crippen LogP contribution in [0, 0.1) is 19.8 Å². The molecule has 2 heterocycles. The molecule has 1 aromatic rings. The molecule has 7 heteroatoms. The van der Waals surface area contributed by atoms with E-state index < -0.39 is 0 Å². The van der Waals surface area contributed by atoms with Crippen molar-refractivity contribution in [3.05, 3.63) is 15.6 Å². The summed E-state index contributed by atoms with van der Waals surface area (Å²) in [5.41, 5.74) is 1.13. The number of rotatable bonds is 5. The molecular weight excluding hydrogens is 421 g/mol. The highest BCUT2D eigenvalue weighted by molar-refractivity contribution is 14.0. The average molecular weight is 451 g/mol. The van der Waals surface area contributed by atoms with E-state index in [1.54, 1.807) is 11.3 Å². The molecule has 0 aromatic carbocycles. The number of hydrogen-bond acceptors (Lipinski definition) is 4. The minimum Gasteiger partial charge on any atom is -0.356 e. The summed E-state index contributed by atoms with van der Waals surface area (Å²) in [6.45, 7) is 11.8. The summed E-state index contributed by atoms with van der Waals surface area (Å²) in [5.74, 6) is 1.59. The van der Waals surface area contributed by atoms with E-state index in [0.717, 1.165) is 42.2 Å². The van der Waals surface area contributed by atoms with Crippen molar-refractivity contribution in [3.8, 4) is 0 Å². The van der Waals surface area contributed by atoms with Gasteiger partial charge in [0.25, 0.3) is 0 Å². The normalized spacial score (nSPS) is 19.3. The predicted octanol–water partition coefficient (Wildman–Crippen LogP) is 2.77. The van der Waals surface area contributed by atoms with Crippen molar-refractivity contribution < 1.29 is 0 Å². The SMILES string of the molecule is CCN1CCCC(CNC(=NC)NCc2nc(C)c(C)s2)C1.I. The Hall–Kier alpha value is -0.410. The highest BCUT2D eigenvalue weighted by Crippen LogP contribution is 2.16. The van der Waals surface area contributed by atoms with Crippen molar-refractivity contribution in [1.82, 2.24) is 20.5 Å². The lowest BCUT2D eigenvalue weighted by molar-refractivity contribution is 0.183. The number of nitrogens with zero attached hydrogens (tertiary/aromatic N) is 3. The van der Waals surface area contributed by atoms with Crippen molar-refractivity contribution in [1.29, 1.82) is 0 Å². The average Bonchev–Trinajstić information content (AvgIpc) is 2.86. The van der Waals surface area contributed by atoms with Crippen LogP contribution in [0.25, 0.3) is 0 Å². The second-order valence-corrected chi connectivity index (χ2v) is 7.25. The molecular formula is C16H30IN5S. The standard InChI is InChI=1S/C16H29N5S.HI/c1-5-21-8-6-7-14(11-21)9-18-16(17-4)19-10-15-20-12(2)13(3)22-15;/h14H,5-11H2,1-4H3,(H2,17,18,19);1H. The van der Waals surface area contributed by atoms with E-state index in [-0.39, 0.29) is 24.0 Å². The van der Waals surface area contributed by atoms with Crippen LogP contribution in [0.2, 0.25) is 0 Å². The van der Waals surface area contributed by atoms with Gasteiger partial charge in [0.1, 0.15) is 5.01 Å². The van der Waals surface area contributed by atoms with Crippen molar-refractivity contribution in [2.24, 2.45) is 10.9 Å². The van der Waals surface area contributed by atoms with Gasteiger partial charge >= 0.3 is 0 Å². The second kappa shape index (κ2) is 10.5. The highest BCUT2D eigenvalue weighted by Gasteiger charge is 2.18. The molecule has 1 aliphatic heterocycles. The second-order valence-electron chi connectivity index (χ2n) is 5.96. The molecule has 1 aromatic heterocycles. The maximum atomic E-state index is 4.55. The zero-order valence-corrected chi connectivity index (χ0v) is 17.8. The smallest absolute Gasteiger partial charge is 0.191 e. The number of thiazole rings is 1. The predicted molar refractivity (Wildman–Crippen MR) is 110 cm³/mol. The number of halogens is 1. The van der Waals surface area contributed by atoms with Crippen molar-refractivity contribution in [2.75, 3.05) is 33.2 Å². The molecule has 0 radical (unpaired) electrons. The number of aliphatic imine (C=N–C) groups is 1. The maximum Gasteiger partial charge on any atom is 0.191 e. The molecule has 0 aliphatic carbocycles. The topological polar surface area (TPSA) is 52.5 Å². The van der Waals surface area contributed by atoms with Crippen LogP contribution in [-0.4, -0.2) is 49.1 Å². The van der Waals surface area contributed by atoms with Crippen LogP contribution in [0.15, 0.2) is 4.99 Å². The van der Waals surface area contributed by atoms with Gasteiger partial charge in [-0.05, 0) is 45.7 Å². The third-order valence-electron chi connectivity index (χ3n) is 4.31. The number of hydrogen-bond donors (Lipinski definition) is 2. The molecule has 0 amide bonds. The molecule has 132 valence electrons. The van der Waals surface area contributed by atoms with E-state index in [1.807, 2.05) is 7.05 Å². The molecule has 23 heavy (non-hydrogen) atoms. The van der Waals surface area contributed by atoms with E-state index >= 15 is 0 Å². The van der Waals surface area contributed by atoms with Crippen LogP contribution in [0.3, 0.4) is 0 Å². The van der Waals surface area contributed by atoms with Gasteiger partial charge in [0, 0.05) is 25.0 Å². The molecule has 2 N–H and O–H groups in total. The Morgan fingerprint density at radius 2 is 2.17 bits per heavy atom. The van der Waals surface area contributed by atoms with E-state index in [1.165, 1.54) is 30.8 Å². The van der Waals surface area contributed by atoms with Crippen LogP contribution in [0.5, 0.6) is 0 Å². The Bertz CT molecular complexity index is 483. The Morgan fingerprint density at radius 1 is 1.39 bits per heavy atom. The van der Waals surface area contributed by atoms with Crippen LogP contribution in [0.4, 0.5) is 0 Å². The fourth-order valence-electron chi connectivity index (χ4n) is 2.84. The third kappa shape index (κ3) is 6.54. The van der Waals surface area contributed by atoms with E-state index in [9.17, 15) is 0 Å². The van der Waals surface area contributed by atoms with Gasteiger partial charge in [0.15, 0.2) is 5.96 Å². The number of aryl methyl sites for hydroxylation is 2. The van der Waals surface area contributed by atoms with Gasteiger partial charge in [0.2, 0.25) is 0 Å². The molecule has 0 saturated carbocycles. The zero-order chi connectivity index (χ0) is 15.9. The fourth-order valence-corrected chi connectivity index (χ4v) is 3.71. The Balaban J connectivity index is 0.00000264. The summed E-state index contributed by atoms with van der Waals surface area (Å²) >= 11 is 1.75. The summed E-state index contributed by atoms with van der Waals surface area (Å²) in [6, 6.07) is 0. The molecule has 5 nitrogen and oxygen atoms in total. The molecule has 1 unspecified atom stereocenters. The van der Waals surface area contributed by atoms with Gasteiger partial charge in [-0.2, -0.15) is 0 Å². The van der Waals surface area contributed by atoms with Crippen molar-refractivity contribution in [2.45, 2.75) is 40.2 Å². The number of guanidine groups is 1. The highest BCUT2D eigenvalue weighted by atomic mass is 127. The molecule has 1 saturated heterocycles. The van der Waals surface area contributed by atoms with Crippen LogP contribution < -0.4 is 10.6 Å². The molecule has 2 rings (SSSR count). The van der Waals surface area contributed by atoms with Crippen LogP contribution in [0.1, 0.15) is 35.3 Å². The zero-order valence-electron chi connectivity index (χ0n) is 14.7. The number of likely N-dealkylation sites (tertiary alicyclic amines) is 1. The summed E-state index contributed by atoms with van der Waals surface area (Å²) in [6.07, 6.45) is 2.62. The number of piperidine rings is 1. The first-order valence-electron chi connectivity index (χ1n) is 8.22. The molecule has 1 aliphatic rings. The first kappa shape index (κ1) is 20.6. The third-order valence-corrected chi connectivity index (χ3v) is 5.38. The largest absolute Gasteiger partial charge is 0.356 e. The van der Waals surface area contributed by atoms with E-state index in [2.05, 4.69) is 46.3 Å². The van der Waals surface area contributed by atoms with Gasteiger partial charge in [-0.15, -0.1) is 35.3 Å². The summed E-state index contributed by atoms with van der Waals surface area (Å²) < 4.78 is 0. The quantitative estimate of drug-likeness (QED) is 0.411. The first-order valence-corrected chi connectivity index (χ1v) is 9.03. The van der Waals surface area contributed by atoms with Gasteiger partial charge in [-0.1, -0.05) is 6.92 Å². The fraction of sp³-hybridized carbons (Fsp3) is 0.750. The van der Waals surface area contributed by atoms with E-state index in [4.69, 9.17) is 0 Å². The van der Waals surface area contributed by atoms with Gasteiger partial charge in [0.05, 0.1) is 12.2 Å². The number of aromatic nitrogens is 1. The number of nitrogens with one attached hydrogen (secondary N) is 2. The lowest BCUT2D eigenvalue weighted by Crippen LogP contribution is -2.44. The van der Waals surface area contributed by atoms with Gasteiger partial charge in [-0.3, -0.25) is 4.99 Å².